The highest BCUT2D eigenvalue weighted by Crippen LogP contribution is 2.21. The van der Waals surface area contributed by atoms with Crippen molar-refractivity contribution in [2.24, 2.45) is 0 Å². The highest BCUT2D eigenvalue weighted by Gasteiger charge is 2.15. The topological polar surface area (TPSA) is 73.2 Å². The van der Waals surface area contributed by atoms with Crippen molar-refractivity contribution < 1.29 is 18.3 Å². The standard InChI is InChI=1S/C22H23F2N3O3S/c1-14(2)30-12-6-11-27-21(29)15-7-3-4-10-18(15)25-22(27)31-13-19(28)26-20-16(23)8-5-9-17(20)24/h3-5,7-10,14H,6,11-13H2,1-2H3,(H,26,28). The second-order valence-electron chi connectivity index (χ2n) is 7.07. The zero-order valence-corrected chi connectivity index (χ0v) is 18.0. The molecular formula is C22H23F2N3O3S. The van der Waals surface area contributed by atoms with Crippen LogP contribution in [0.25, 0.3) is 10.9 Å². The summed E-state index contributed by atoms with van der Waals surface area (Å²) in [5.74, 6) is -2.49. The molecule has 31 heavy (non-hydrogen) atoms. The number of aromatic nitrogens is 2. The molecule has 0 saturated carbocycles. The second kappa shape index (κ2) is 10.5. The van der Waals surface area contributed by atoms with E-state index in [1.807, 2.05) is 13.8 Å². The molecule has 0 unspecified atom stereocenters. The van der Waals surface area contributed by atoms with Gasteiger partial charge in [-0.25, -0.2) is 13.8 Å². The number of carbonyl (C=O) groups excluding carboxylic acids is 1. The van der Waals surface area contributed by atoms with Crippen LogP contribution in [0.1, 0.15) is 20.3 Å². The number of nitrogens with one attached hydrogen (secondary N) is 1. The molecule has 0 aliphatic carbocycles. The predicted molar refractivity (Wildman–Crippen MR) is 117 cm³/mol. The summed E-state index contributed by atoms with van der Waals surface area (Å²) in [5.41, 5.74) is -0.189. The SMILES string of the molecule is CC(C)OCCCn1c(SCC(=O)Nc2c(F)cccc2F)nc2ccccc2c1=O. The van der Waals surface area contributed by atoms with Gasteiger partial charge in [0.25, 0.3) is 5.56 Å². The molecule has 0 spiro atoms. The zero-order valence-electron chi connectivity index (χ0n) is 17.2. The summed E-state index contributed by atoms with van der Waals surface area (Å²) in [6.45, 7) is 4.72. The monoisotopic (exact) mass is 447 g/mol. The summed E-state index contributed by atoms with van der Waals surface area (Å²) < 4.78 is 34.6. The van der Waals surface area contributed by atoms with E-state index in [1.165, 1.54) is 10.6 Å². The molecule has 3 aromatic rings. The minimum absolute atomic E-state index is 0.0859. The largest absolute Gasteiger partial charge is 0.379 e. The van der Waals surface area contributed by atoms with E-state index in [0.29, 0.717) is 35.6 Å². The van der Waals surface area contributed by atoms with Crippen LogP contribution in [-0.4, -0.2) is 33.9 Å². The maximum Gasteiger partial charge on any atom is 0.262 e. The Morgan fingerprint density at radius 1 is 1.16 bits per heavy atom. The lowest BCUT2D eigenvalue weighted by Gasteiger charge is -2.14. The Balaban J connectivity index is 1.78. The average molecular weight is 448 g/mol. The van der Waals surface area contributed by atoms with Crippen LogP contribution in [0, 0.1) is 11.6 Å². The smallest absolute Gasteiger partial charge is 0.262 e. The number of anilines is 1. The van der Waals surface area contributed by atoms with Crippen LogP contribution >= 0.6 is 11.8 Å². The van der Waals surface area contributed by atoms with Crippen molar-refractivity contribution in [3.8, 4) is 0 Å². The summed E-state index contributed by atoms with van der Waals surface area (Å²) in [6.07, 6.45) is 0.681. The number of benzene rings is 2. The van der Waals surface area contributed by atoms with Crippen LogP contribution in [0.3, 0.4) is 0 Å². The van der Waals surface area contributed by atoms with Gasteiger partial charge in [0, 0.05) is 13.2 Å². The number of nitrogens with zero attached hydrogens (tertiary/aromatic N) is 2. The number of carbonyl (C=O) groups is 1. The van der Waals surface area contributed by atoms with Gasteiger partial charge >= 0.3 is 0 Å². The van der Waals surface area contributed by atoms with E-state index in [0.717, 1.165) is 23.9 Å². The van der Waals surface area contributed by atoms with Crippen molar-refractivity contribution in [3.63, 3.8) is 0 Å². The van der Waals surface area contributed by atoms with Crippen LogP contribution in [0.15, 0.2) is 52.4 Å². The molecule has 1 N–H and O–H groups in total. The van der Waals surface area contributed by atoms with E-state index < -0.39 is 23.2 Å². The van der Waals surface area contributed by atoms with Crippen LogP contribution in [0.4, 0.5) is 14.5 Å². The predicted octanol–water partition coefficient (Wildman–Crippen LogP) is 4.22. The summed E-state index contributed by atoms with van der Waals surface area (Å²) >= 11 is 1.03. The van der Waals surface area contributed by atoms with Gasteiger partial charge in [0.2, 0.25) is 5.91 Å². The molecule has 0 atom stereocenters. The van der Waals surface area contributed by atoms with E-state index in [9.17, 15) is 18.4 Å². The Hall–Kier alpha value is -2.78. The molecule has 1 amide bonds. The minimum Gasteiger partial charge on any atom is -0.379 e. The third-order valence-corrected chi connectivity index (χ3v) is 5.34. The first-order valence-corrected chi connectivity index (χ1v) is 10.8. The van der Waals surface area contributed by atoms with Gasteiger partial charge in [0.05, 0.1) is 22.8 Å². The Kier molecular flexibility index (Phi) is 7.75. The van der Waals surface area contributed by atoms with Crippen LogP contribution in [0.5, 0.6) is 0 Å². The molecule has 1 heterocycles. The van der Waals surface area contributed by atoms with Gasteiger partial charge in [-0.05, 0) is 44.5 Å². The molecule has 0 radical (unpaired) electrons. The van der Waals surface area contributed by atoms with E-state index >= 15 is 0 Å². The van der Waals surface area contributed by atoms with Crippen LogP contribution in [-0.2, 0) is 16.1 Å². The quantitative estimate of drug-likeness (QED) is 0.302. The number of rotatable bonds is 9. The fourth-order valence-electron chi connectivity index (χ4n) is 2.92. The molecule has 164 valence electrons. The summed E-state index contributed by atoms with van der Waals surface area (Å²) in [7, 11) is 0. The van der Waals surface area contributed by atoms with Gasteiger partial charge in [0.1, 0.15) is 17.3 Å². The van der Waals surface area contributed by atoms with E-state index in [2.05, 4.69) is 10.3 Å². The second-order valence-corrected chi connectivity index (χ2v) is 8.02. The average Bonchev–Trinajstić information content (AvgIpc) is 2.73. The molecule has 0 bridgehead atoms. The Morgan fingerprint density at radius 3 is 2.58 bits per heavy atom. The fourth-order valence-corrected chi connectivity index (χ4v) is 3.74. The lowest BCUT2D eigenvalue weighted by Crippen LogP contribution is -2.25. The summed E-state index contributed by atoms with van der Waals surface area (Å²) in [6, 6.07) is 10.3. The number of amides is 1. The first kappa shape index (κ1) is 22.9. The lowest BCUT2D eigenvalue weighted by atomic mass is 10.2. The molecular weight excluding hydrogens is 424 g/mol. The third-order valence-electron chi connectivity index (χ3n) is 4.36. The maximum absolute atomic E-state index is 13.8. The number of thioether (sulfide) groups is 1. The maximum atomic E-state index is 13.8. The third kappa shape index (κ3) is 5.89. The molecule has 0 fully saturated rings. The number of halogens is 2. The molecule has 9 heteroatoms. The van der Waals surface area contributed by atoms with Crippen molar-refractivity contribution in [1.82, 2.24) is 9.55 Å². The number of para-hydroxylation sites is 2. The summed E-state index contributed by atoms with van der Waals surface area (Å²) in [5, 5.41) is 3.08. The van der Waals surface area contributed by atoms with Gasteiger partial charge in [-0.2, -0.15) is 0 Å². The number of hydrogen-bond acceptors (Lipinski definition) is 5. The molecule has 0 aliphatic heterocycles. The van der Waals surface area contributed by atoms with Gasteiger partial charge < -0.3 is 10.1 Å². The lowest BCUT2D eigenvalue weighted by molar-refractivity contribution is -0.113. The van der Waals surface area contributed by atoms with E-state index in [1.54, 1.807) is 24.3 Å². The Morgan fingerprint density at radius 2 is 1.87 bits per heavy atom. The van der Waals surface area contributed by atoms with E-state index in [4.69, 9.17) is 4.74 Å². The zero-order chi connectivity index (χ0) is 22.4. The first-order valence-electron chi connectivity index (χ1n) is 9.84. The molecule has 1 aromatic heterocycles. The van der Waals surface area contributed by atoms with Crippen molar-refractivity contribution >= 4 is 34.3 Å². The Bertz CT molecular complexity index is 1110. The van der Waals surface area contributed by atoms with E-state index in [-0.39, 0.29) is 17.4 Å². The van der Waals surface area contributed by atoms with Crippen molar-refractivity contribution in [3.05, 3.63) is 64.5 Å². The highest BCUT2D eigenvalue weighted by atomic mass is 32.2. The van der Waals surface area contributed by atoms with Gasteiger partial charge in [-0.15, -0.1) is 0 Å². The first-order chi connectivity index (χ1) is 14.9. The Labute approximate surface area is 182 Å². The van der Waals surface area contributed by atoms with Gasteiger partial charge in [-0.1, -0.05) is 30.0 Å². The van der Waals surface area contributed by atoms with Crippen molar-refractivity contribution in [1.29, 1.82) is 0 Å². The van der Waals surface area contributed by atoms with Gasteiger partial charge in [0.15, 0.2) is 5.16 Å². The van der Waals surface area contributed by atoms with Crippen LogP contribution < -0.4 is 10.9 Å². The van der Waals surface area contributed by atoms with Crippen LogP contribution in [0.2, 0.25) is 0 Å². The normalized spacial score (nSPS) is 11.3. The number of hydrogen-bond donors (Lipinski definition) is 1. The van der Waals surface area contributed by atoms with Gasteiger partial charge in [-0.3, -0.25) is 14.2 Å². The molecule has 2 aromatic carbocycles. The fraction of sp³-hybridized carbons (Fsp3) is 0.318. The summed E-state index contributed by atoms with van der Waals surface area (Å²) in [4.78, 5) is 29.8. The highest BCUT2D eigenvalue weighted by molar-refractivity contribution is 7.99. The number of ether oxygens (including phenoxy) is 1. The molecule has 6 nitrogen and oxygen atoms in total. The number of fused-ring (bicyclic) bond motifs is 1. The van der Waals surface area contributed by atoms with Crippen molar-refractivity contribution in [2.75, 3.05) is 17.7 Å². The van der Waals surface area contributed by atoms with Crippen molar-refractivity contribution in [2.45, 2.75) is 38.1 Å². The molecule has 0 saturated heterocycles. The molecule has 3 rings (SSSR count). The minimum atomic E-state index is -0.857. The molecule has 0 aliphatic rings.